The molecule has 3 aromatic carbocycles. The lowest BCUT2D eigenvalue weighted by Crippen LogP contribution is -2.45. The minimum absolute atomic E-state index is 0.123. The fraction of sp³-hybridized carbons (Fsp3) is 0.276. The first kappa shape index (κ1) is 22.4. The highest BCUT2D eigenvalue weighted by Gasteiger charge is 2.34. The van der Waals surface area contributed by atoms with Crippen molar-refractivity contribution in [1.82, 2.24) is 9.80 Å². The van der Waals surface area contributed by atoms with E-state index in [1.54, 1.807) is 12.1 Å². The van der Waals surface area contributed by atoms with E-state index in [1.165, 1.54) is 5.56 Å². The summed E-state index contributed by atoms with van der Waals surface area (Å²) in [6.07, 6.45) is 1.78. The number of rotatable bonds is 5. The Morgan fingerprint density at radius 3 is 2.24 bits per heavy atom. The summed E-state index contributed by atoms with van der Waals surface area (Å²) >= 11 is 0. The predicted octanol–water partition coefficient (Wildman–Crippen LogP) is 4.94. The van der Waals surface area contributed by atoms with Crippen LogP contribution in [-0.4, -0.2) is 46.9 Å². The van der Waals surface area contributed by atoms with Gasteiger partial charge >= 0.3 is 0 Å². The van der Waals surface area contributed by atoms with Crippen LogP contribution >= 0.6 is 0 Å². The highest BCUT2D eigenvalue weighted by atomic mass is 16.5. The van der Waals surface area contributed by atoms with Crippen LogP contribution in [0.5, 0.6) is 11.5 Å². The fourth-order valence-corrected chi connectivity index (χ4v) is 4.72. The molecule has 174 valence electrons. The number of allylic oxidation sites excluding steroid dienone is 1. The smallest absolute Gasteiger partial charge is 0.232 e. The fourth-order valence-electron chi connectivity index (χ4n) is 4.72. The summed E-state index contributed by atoms with van der Waals surface area (Å²) in [5, 5.41) is 10.8. The Morgan fingerprint density at radius 1 is 0.912 bits per heavy atom. The maximum Gasteiger partial charge on any atom is 0.232 e. The van der Waals surface area contributed by atoms with Crippen LogP contribution in [0.15, 0.2) is 66.4 Å². The number of aromatic hydroxyl groups is 1. The molecule has 0 atom stereocenters. The van der Waals surface area contributed by atoms with Gasteiger partial charge in [0.15, 0.2) is 5.76 Å². The van der Waals surface area contributed by atoms with Crippen molar-refractivity contribution in [3.05, 3.63) is 99.8 Å². The SMILES string of the molecule is Cc1ccc(/C=C2\Oc3c(CN4CCN(Cc5ccccc5)CC4)c(O)cc(C)c3C2=O)cc1. The molecule has 2 aliphatic rings. The minimum atomic E-state index is -0.123. The van der Waals surface area contributed by atoms with E-state index in [0.29, 0.717) is 29.2 Å². The third kappa shape index (κ3) is 4.63. The number of aryl methyl sites for hydroxylation is 2. The largest absolute Gasteiger partial charge is 0.507 e. The molecular weight excluding hydrogens is 424 g/mol. The average Bonchev–Trinajstić information content (AvgIpc) is 3.16. The molecule has 0 aromatic heterocycles. The second kappa shape index (κ2) is 9.45. The van der Waals surface area contributed by atoms with Crippen LogP contribution in [0.25, 0.3) is 6.08 Å². The second-order valence-corrected chi connectivity index (χ2v) is 9.28. The molecule has 1 N–H and O–H groups in total. The lowest BCUT2D eigenvalue weighted by molar-refractivity contribution is 0.101. The van der Waals surface area contributed by atoms with Gasteiger partial charge in [0.2, 0.25) is 5.78 Å². The van der Waals surface area contributed by atoms with Gasteiger partial charge in [-0.05, 0) is 42.7 Å². The first-order chi connectivity index (χ1) is 16.5. The number of carbonyl (C=O) groups excluding carboxylic acids is 1. The van der Waals surface area contributed by atoms with Crippen LogP contribution in [0.4, 0.5) is 0 Å². The Bertz CT molecular complexity index is 1220. The van der Waals surface area contributed by atoms with Gasteiger partial charge in [-0.2, -0.15) is 0 Å². The first-order valence-corrected chi connectivity index (χ1v) is 11.8. The van der Waals surface area contributed by atoms with E-state index >= 15 is 0 Å². The van der Waals surface area contributed by atoms with Crippen molar-refractivity contribution >= 4 is 11.9 Å². The van der Waals surface area contributed by atoms with E-state index < -0.39 is 0 Å². The number of hydrogen-bond donors (Lipinski definition) is 1. The molecule has 0 aliphatic carbocycles. The summed E-state index contributed by atoms with van der Waals surface area (Å²) in [5.41, 5.74) is 5.40. The molecule has 5 nitrogen and oxygen atoms in total. The van der Waals surface area contributed by atoms with Crippen molar-refractivity contribution in [2.24, 2.45) is 0 Å². The van der Waals surface area contributed by atoms with Crippen molar-refractivity contribution in [2.45, 2.75) is 26.9 Å². The van der Waals surface area contributed by atoms with Crippen molar-refractivity contribution in [3.8, 4) is 11.5 Å². The van der Waals surface area contributed by atoms with Gasteiger partial charge in [-0.15, -0.1) is 0 Å². The zero-order chi connectivity index (χ0) is 23.7. The molecule has 2 heterocycles. The Kier molecular flexibility index (Phi) is 6.22. The predicted molar refractivity (Wildman–Crippen MR) is 134 cm³/mol. The second-order valence-electron chi connectivity index (χ2n) is 9.28. The lowest BCUT2D eigenvalue weighted by Gasteiger charge is -2.35. The van der Waals surface area contributed by atoms with Crippen molar-refractivity contribution in [3.63, 3.8) is 0 Å². The van der Waals surface area contributed by atoms with Crippen LogP contribution in [-0.2, 0) is 13.1 Å². The third-order valence-corrected chi connectivity index (χ3v) is 6.69. The summed E-state index contributed by atoms with van der Waals surface area (Å²) in [6, 6.07) is 20.2. The van der Waals surface area contributed by atoms with Crippen molar-refractivity contribution < 1.29 is 14.6 Å². The molecule has 34 heavy (non-hydrogen) atoms. The van der Waals surface area contributed by atoms with E-state index in [2.05, 4.69) is 34.1 Å². The Hall–Kier alpha value is -3.41. The third-order valence-electron chi connectivity index (χ3n) is 6.69. The summed E-state index contributed by atoms with van der Waals surface area (Å²) in [5.74, 6) is 0.878. The number of nitrogens with zero attached hydrogens (tertiary/aromatic N) is 2. The maximum atomic E-state index is 13.2. The number of fused-ring (bicyclic) bond motifs is 1. The van der Waals surface area contributed by atoms with Crippen LogP contribution in [0.3, 0.4) is 0 Å². The number of piperazine rings is 1. The number of hydrogen-bond acceptors (Lipinski definition) is 5. The monoisotopic (exact) mass is 454 g/mol. The van der Waals surface area contributed by atoms with E-state index in [4.69, 9.17) is 4.74 Å². The number of phenols is 1. The average molecular weight is 455 g/mol. The molecule has 0 spiro atoms. The quantitative estimate of drug-likeness (QED) is 0.554. The summed E-state index contributed by atoms with van der Waals surface area (Å²) < 4.78 is 6.10. The zero-order valence-electron chi connectivity index (χ0n) is 19.8. The summed E-state index contributed by atoms with van der Waals surface area (Å²) in [7, 11) is 0. The lowest BCUT2D eigenvalue weighted by atomic mass is 9.99. The maximum absolute atomic E-state index is 13.2. The van der Waals surface area contributed by atoms with Crippen LogP contribution < -0.4 is 4.74 Å². The number of carbonyl (C=O) groups is 1. The number of ketones is 1. The summed E-state index contributed by atoms with van der Waals surface area (Å²) in [4.78, 5) is 17.9. The number of Topliss-reactive ketones (excluding diaryl/α,β-unsaturated/α-hetero) is 1. The summed E-state index contributed by atoms with van der Waals surface area (Å²) in [6.45, 7) is 9.10. The molecule has 0 unspecified atom stereocenters. The highest BCUT2D eigenvalue weighted by molar-refractivity contribution is 6.15. The first-order valence-electron chi connectivity index (χ1n) is 11.8. The van der Waals surface area contributed by atoms with Gasteiger partial charge < -0.3 is 9.84 Å². The highest BCUT2D eigenvalue weighted by Crippen LogP contribution is 2.42. The van der Waals surface area contributed by atoms with Gasteiger partial charge in [-0.25, -0.2) is 0 Å². The molecule has 1 saturated heterocycles. The van der Waals surface area contributed by atoms with Gasteiger partial charge in [0.25, 0.3) is 0 Å². The molecule has 2 aliphatic heterocycles. The Balaban J connectivity index is 1.32. The van der Waals surface area contributed by atoms with Gasteiger partial charge in [0.1, 0.15) is 11.5 Å². The zero-order valence-corrected chi connectivity index (χ0v) is 19.8. The minimum Gasteiger partial charge on any atom is -0.507 e. The van der Waals surface area contributed by atoms with E-state index in [-0.39, 0.29) is 11.5 Å². The van der Waals surface area contributed by atoms with Crippen LogP contribution in [0.2, 0.25) is 0 Å². The van der Waals surface area contributed by atoms with E-state index in [9.17, 15) is 9.90 Å². The van der Waals surface area contributed by atoms with Crippen molar-refractivity contribution in [1.29, 1.82) is 0 Å². The molecule has 3 aromatic rings. The molecule has 0 amide bonds. The normalized spacial score (nSPS) is 17.7. The van der Waals surface area contributed by atoms with Crippen LogP contribution in [0.1, 0.15) is 38.2 Å². The van der Waals surface area contributed by atoms with Crippen molar-refractivity contribution in [2.75, 3.05) is 26.2 Å². The van der Waals surface area contributed by atoms with Gasteiger partial charge in [-0.3, -0.25) is 14.6 Å². The molecule has 0 bridgehead atoms. The topological polar surface area (TPSA) is 53.0 Å². The number of benzene rings is 3. The van der Waals surface area contributed by atoms with E-state index in [0.717, 1.165) is 49.4 Å². The molecule has 0 saturated carbocycles. The molecule has 1 fully saturated rings. The van der Waals surface area contributed by atoms with Gasteiger partial charge in [-0.1, -0.05) is 60.2 Å². The standard InChI is InChI=1S/C29H30N2O3/c1-20-8-10-22(11-9-20)17-26-28(33)27-21(2)16-25(32)24(29(27)34-26)19-31-14-12-30(13-15-31)18-23-6-4-3-5-7-23/h3-11,16-17,32H,12-15,18-19H2,1-2H3/b26-17-. The Morgan fingerprint density at radius 2 is 1.56 bits per heavy atom. The van der Waals surface area contributed by atoms with E-state index in [1.807, 2.05) is 44.2 Å². The number of phenolic OH excluding ortho intramolecular Hbond substituents is 1. The number of ether oxygens (including phenoxy) is 1. The molecule has 5 rings (SSSR count). The molecule has 0 radical (unpaired) electrons. The molecule has 5 heteroatoms. The van der Waals surface area contributed by atoms with Gasteiger partial charge in [0.05, 0.1) is 11.1 Å². The van der Waals surface area contributed by atoms with Gasteiger partial charge in [0, 0.05) is 39.3 Å². The molecular formula is C29H30N2O3. The Labute approximate surface area is 200 Å². The van der Waals surface area contributed by atoms with Crippen LogP contribution in [0, 0.1) is 13.8 Å².